The number of anilines is 1. The Kier molecular flexibility index (Phi) is 5.54. The van der Waals surface area contributed by atoms with E-state index in [1.165, 1.54) is 14.0 Å². The molecule has 10 heteroatoms. The van der Waals surface area contributed by atoms with Gasteiger partial charge in [-0.05, 0) is 34.1 Å². The zero-order valence-electron chi connectivity index (χ0n) is 14.6. The second-order valence-corrected chi connectivity index (χ2v) is 6.25. The van der Waals surface area contributed by atoms with Gasteiger partial charge in [-0.1, -0.05) is 6.92 Å². The van der Waals surface area contributed by atoms with Gasteiger partial charge < -0.3 is 9.84 Å². The first-order valence-corrected chi connectivity index (χ1v) is 7.33. The molecule has 1 aromatic rings. The predicted octanol–water partition coefficient (Wildman–Crippen LogP) is 2.24. The van der Waals surface area contributed by atoms with Crippen LogP contribution in [0.4, 0.5) is 16.3 Å². The van der Waals surface area contributed by atoms with Crippen LogP contribution in [0.1, 0.15) is 39.8 Å². The lowest BCUT2D eigenvalue weighted by Gasteiger charge is -2.30. The molecule has 0 aliphatic carbocycles. The Hall–Kier alpha value is -2.65. The van der Waals surface area contributed by atoms with Crippen molar-refractivity contribution in [3.8, 4) is 0 Å². The van der Waals surface area contributed by atoms with Gasteiger partial charge in [-0.2, -0.15) is 5.10 Å². The second kappa shape index (κ2) is 6.85. The number of hydrogen-bond donors (Lipinski definition) is 1. The predicted molar refractivity (Wildman–Crippen MR) is 85.0 cm³/mol. The number of carbonyl (C=O) groups excluding carboxylic acids is 1. The molecule has 1 rings (SSSR count). The number of carboxylic acids is 1. The fraction of sp³-hybridized carbons (Fsp3) is 0.643. The summed E-state index contributed by atoms with van der Waals surface area (Å²) in [6.45, 7) is 7.83. The standard InChI is InChI=1S/C14H22N4O6/c1-7-9(12(19)20)17(13(21)24-14(3,4)5)11-10(18(22)23)8(2)15-16(11)6/h9H,7H2,1-6H3,(H,19,20). The van der Waals surface area contributed by atoms with Gasteiger partial charge >= 0.3 is 17.7 Å². The number of carbonyl (C=O) groups is 2. The molecule has 0 spiro atoms. The Bertz CT molecular complexity index is 661. The molecule has 0 radical (unpaired) electrons. The van der Waals surface area contributed by atoms with E-state index in [2.05, 4.69) is 5.10 Å². The van der Waals surface area contributed by atoms with Crippen LogP contribution in [0.15, 0.2) is 0 Å². The number of ether oxygens (including phenoxy) is 1. The fourth-order valence-corrected chi connectivity index (χ4v) is 2.26. The number of hydrogen-bond acceptors (Lipinski definition) is 6. The smallest absolute Gasteiger partial charge is 0.417 e. The van der Waals surface area contributed by atoms with Crippen molar-refractivity contribution in [3.05, 3.63) is 15.8 Å². The molecule has 24 heavy (non-hydrogen) atoms. The van der Waals surface area contributed by atoms with Crippen LogP contribution in [0.25, 0.3) is 0 Å². The molecule has 1 aromatic heterocycles. The average Bonchev–Trinajstić information content (AvgIpc) is 2.67. The minimum Gasteiger partial charge on any atom is -0.480 e. The van der Waals surface area contributed by atoms with Crippen molar-refractivity contribution >= 4 is 23.6 Å². The van der Waals surface area contributed by atoms with Gasteiger partial charge in [-0.3, -0.25) is 10.1 Å². The van der Waals surface area contributed by atoms with Crippen LogP contribution in [0.2, 0.25) is 0 Å². The fourth-order valence-electron chi connectivity index (χ4n) is 2.26. The van der Waals surface area contributed by atoms with E-state index in [1.807, 2.05) is 0 Å². The Balaban J connectivity index is 3.58. The van der Waals surface area contributed by atoms with Gasteiger partial charge in [0, 0.05) is 7.05 Å². The van der Waals surface area contributed by atoms with Gasteiger partial charge in [-0.15, -0.1) is 0 Å². The second-order valence-electron chi connectivity index (χ2n) is 6.25. The summed E-state index contributed by atoms with van der Waals surface area (Å²) in [6, 6.07) is -1.33. The first-order chi connectivity index (χ1) is 10.9. The lowest BCUT2D eigenvalue weighted by atomic mass is 10.2. The molecule has 0 bridgehead atoms. The van der Waals surface area contributed by atoms with Crippen molar-refractivity contribution in [1.82, 2.24) is 9.78 Å². The summed E-state index contributed by atoms with van der Waals surface area (Å²) < 4.78 is 6.36. The molecule has 1 atom stereocenters. The number of nitro groups is 1. The van der Waals surface area contributed by atoms with Crippen LogP contribution >= 0.6 is 0 Å². The molecule has 1 heterocycles. The Labute approximate surface area is 139 Å². The summed E-state index contributed by atoms with van der Waals surface area (Å²) >= 11 is 0. The van der Waals surface area contributed by atoms with E-state index in [0.29, 0.717) is 0 Å². The molecule has 0 fully saturated rings. The summed E-state index contributed by atoms with van der Waals surface area (Å²) in [5, 5.41) is 24.7. The number of aliphatic carboxylic acids is 1. The number of nitrogens with zero attached hydrogens (tertiary/aromatic N) is 4. The molecule has 134 valence electrons. The highest BCUT2D eigenvalue weighted by Crippen LogP contribution is 2.34. The van der Waals surface area contributed by atoms with Crippen molar-refractivity contribution in [1.29, 1.82) is 0 Å². The first-order valence-electron chi connectivity index (χ1n) is 7.33. The Morgan fingerprint density at radius 2 is 2.00 bits per heavy atom. The maximum Gasteiger partial charge on any atom is 0.417 e. The summed E-state index contributed by atoms with van der Waals surface area (Å²) in [5.74, 6) is -1.52. The summed E-state index contributed by atoms with van der Waals surface area (Å²) in [6.07, 6.45) is -0.946. The first kappa shape index (κ1) is 19.4. The summed E-state index contributed by atoms with van der Waals surface area (Å²) in [7, 11) is 1.40. The summed E-state index contributed by atoms with van der Waals surface area (Å²) in [5.41, 5.74) is -1.25. The molecule has 0 aromatic carbocycles. The van der Waals surface area contributed by atoms with Crippen LogP contribution in [-0.2, 0) is 16.6 Å². The molecule has 1 unspecified atom stereocenters. The highest BCUT2D eigenvalue weighted by atomic mass is 16.6. The van der Waals surface area contributed by atoms with E-state index in [4.69, 9.17) is 4.74 Å². The van der Waals surface area contributed by atoms with Gasteiger partial charge in [0.25, 0.3) is 0 Å². The third-order valence-electron chi connectivity index (χ3n) is 3.15. The van der Waals surface area contributed by atoms with E-state index in [1.54, 1.807) is 27.7 Å². The lowest BCUT2D eigenvalue weighted by molar-refractivity contribution is -0.384. The van der Waals surface area contributed by atoms with Crippen molar-refractivity contribution in [2.45, 2.75) is 52.7 Å². The van der Waals surface area contributed by atoms with Gasteiger partial charge in [0.15, 0.2) is 0 Å². The normalized spacial score (nSPS) is 12.6. The van der Waals surface area contributed by atoms with Gasteiger partial charge in [0.2, 0.25) is 5.82 Å². The molecular formula is C14H22N4O6. The van der Waals surface area contributed by atoms with Crippen LogP contribution in [0.3, 0.4) is 0 Å². The van der Waals surface area contributed by atoms with E-state index < -0.39 is 34.3 Å². The third-order valence-corrected chi connectivity index (χ3v) is 3.15. The van der Waals surface area contributed by atoms with Crippen LogP contribution in [0, 0.1) is 17.0 Å². The zero-order valence-corrected chi connectivity index (χ0v) is 14.6. The van der Waals surface area contributed by atoms with E-state index in [9.17, 15) is 24.8 Å². The van der Waals surface area contributed by atoms with Gasteiger partial charge in [0.05, 0.1) is 4.92 Å². The molecule has 10 nitrogen and oxygen atoms in total. The topological polar surface area (TPSA) is 128 Å². The highest BCUT2D eigenvalue weighted by Gasteiger charge is 2.40. The van der Waals surface area contributed by atoms with Crippen LogP contribution < -0.4 is 4.90 Å². The SMILES string of the molecule is CCC(C(=O)O)N(C(=O)OC(C)(C)C)c1c([N+](=O)[O-])c(C)nn1C. The van der Waals surface area contributed by atoms with Gasteiger partial charge in [0.1, 0.15) is 17.3 Å². The lowest BCUT2D eigenvalue weighted by Crippen LogP contribution is -2.48. The summed E-state index contributed by atoms with van der Waals surface area (Å²) in [4.78, 5) is 35.6. The molecule has 0 saturated carbocycles. The molecule has 0 aliphatic rings. The minimum atomic E-state index is -1.33. The van der Waals surface area contributed by atoms with Crippen molar-refractivity contribution < 1.29 is 24.4 Å². The van der Waals surface area contributed by atoms with Crippen molar-refractivity contribution in [2.24, 2.45) is 7.05 Å². The number of carboxylic acid groups (broad SMARTS) is 1. The number of aryl methyl sites for hydroxylation is 2. The highest BCUT2D eigenvalue weighted by molar-refractivity contribution is 5.96. The minimum absolute atomic E-state index is 0.0377. The van der Waals surface area contributed by atoms with Gasteiger partial charge in [-0.25, -0.2) is 19.2 Å². The Morgan fingerprint density at radius 3 is 2.38 bits per heavy atom. The maximum absolute atomic E-state index is 12.6. The monoisotopic (exact) mass is 342 g/mol. The van der Waals surface area contributed by atoms with Crippen LogP contribution in [0.5, 0.6) is 0 Å². The van der Waals surface area contributed by atoms with E-state index in [-0.39, 0.29) is 17.9 Å². The Morgan fingerprint density at radius 1 is 1.46 bits per heavy atom. The third kappa shape index (κ3) is 4.00. The largest absolute Gasteiger partial charge is 0.480 e. The van der Waals surface area contributed by atoms with Crippen molar-refractivity contribution in [2.75, 3.05) is 4.90 Å². The number of aromatic nitrogens is 2. The molecule has 1 N–H and O–H groups in total. The van der Waals surface area contributed by atoms with E-state index in [0.717, 1.165) is 9.58 Å². The molecule has 0 saturated heterocycles. The number of amides is 1. The quantitative estimate of drug-likeness (QED) is 0.642. The maximum atomic E-state index is 12.6. The molecular weight excluding hydrogens is 320 g/mol. The zero-order chi connectivity index (χ0) is 18.8. The average molecular weight is 342 g/mol. The molecule has 0 aliphatic heterocycles. The molecule has 1 amide bonds. The number of rotatable bonds is 5. The van der Waals surface area contributed by atoms with Crippen molar-refractivity contribution in [3.63, 3.8) is 0 Å². The van der Waals surface area contributed by atoms with Crippen LogP contribution in [-0.4, -0.2) is 43.5 Å². The van der Waals surface area contributed by atoms with E-state index >= 15 is 0 Å².